The molecule has 0 radical (unpaired) electrons. The quantitative estimate of drug-likeness (QED) is 0.439. The van der Waals surface area contributed by atoms with E-state index in [0.29, 0.717) is 5.92 Å². The highest BCUT2D eigenvalue weighted by Crippen LogP contribution is 2.16. The molecule has 0 aliphatic rings. The molecule has 0 aromatic rings. The van der Waals surface area contributed by atoms with Crippen molar-refractivity contribution in [3.8, 4) is 0 Å². The predicted molar refractivity (Wildman–Crippen MR) is 48.4 cm³/mol. The van der Waals surface area contributed by atoms with Gasteiger partial charge in [-0.1, -0.05) is 19.4 Å². The summed E-state index contributed by atoms with van der Waals surface area (Å²) in [4.78, 5) is 10.4. The lowest BCUT2D eigenvalue weighted by Crippen LogP contribution is -2.08. The number of aldehydes is 1. The van der Waals surface area contributed by atoms with Crippen molar-refractivity contribution in [2.75, 3.05) is 0 Å². The van der Waals surface area contributed by atoms with Gasteiger partial charge in [-0.3, -0.25) is 0 Å². The molecule has 11 heavy (non-hydrogen) atoms. The first kappa shape index (κ1) is 10.4. The van der Waals surface area contributed by atoms with Crippen LogP contribution in [0.15, 0.2) is 12.2 Å². The van der Waals surface area contributed by atoms with E-state index in [1.807, 2.05) is 13.8 Å². The minimum Gasteiger partial charge on any atom is -0.303 e. The van der Waals surface area contributed by atoms with Crippen molar-refractivity contribution in [1.82, 2.24) is 0 Å². The SMILES string of the molecule is C=C(C)CC[C@@H](C)[C@H](C)C=O. The van der Waals surface area contributed by atoms with Gasteiger partial charge in [0.15, 0.2) is 0 Å². The summed E-state index contributed by atoms with van der Waals surface area (Å²) in [7, 11) is 0. The summed E-state index contributed by atoms with van der Waals surface area (Å²) in [5, 5.41) is 0. The molecule has 64 valence electrons. The van der Waals surface area contributed by atoms with E-state index in [0.717, 1.165) is 19.1 Å². The van der Waals surface area contributed by atoms with Crippen LogP contribution in [0.25, 0.3) is 0 Å². The summed E-state index contributed by atoms with van der Waals surface area (Å²) in [5.74, 6) is 0.679. The third kappa shape index (κ3) is 4.77. The van der Waals surface area contributed by atoms with Crippen LogP contribution >= 0.6 is 0 Å². The van der Waals surface area contributed by atoms with Crippen molar-refractivity contribution in [2.45, 2.75) is 33.6 Å². The van der Waals surface area contributed by atoms with Crippen LogP contribution in [0.1, 0.15) is 33.6 Å². The molecule has 0 amide bonds. The van der Waals surface area contributed by atoms with E-state index in [-0.39, 0.29) is 5.92 Å². The van der Waals surface area contributed by atoms with Gasteiger partial charge in [0, 0.05) is 5.92 Å². The van der Waals surface area contributed by atoms with Crippen LogP contribution in [0.3, 0.4) is 0 Å². The number of rotatable bonds is 5. The van der Waals surface area contributed by atoms with Gasteiger partial charge in [-0.15, -0.1) is 6.58 Å². The summed E-state index contributed by atoms with van der Waals surface area (Å²) in [5.41, 5.74) is 1.20. The van der Waals surface area contributed by atoms with E-state index in [2.05, 4.69) is 13.5 Å². The maximum absolute atomic E-state index is 10.4. The van der Waals surface area contributed by atoms with Crippen molar-refractivity contribution in [3.63, 3.8) is 0 Å². The van der Waals surface area contributed by atoms with Gasteiger partial charge in [0.2, 0.25) is 0 Å². The smallest absolute Gasteiger partial charge is 0.123 e. The molecule has 1 nitrogen and oxygen atoms in total. The molecule has 0 bridgehead atoms. The Morgan fingerprint density at radius 3 is 2.45 bits per heavy atom. The monoisotopic (exact) mass is 154 g/mol. The Morgan fingerprint density at radius 1 is 1.55 bits per heavy atom. The minimum atomic E-state index is 0.189. The number of hydrogen-bond donors (Lipinski definition) is 0. The molecule has 0 spiro atoms. The average Bonchev–Trinajstić information content (AvgIpc) is 1.98. The highest BCUT2D eigenvalue weighted by atomic mass is 16.1. The second-order valence-corrected chi connectivity index (χ2v) is 3.47. The van der Waals surface area contributed by atoms with Crippen LogP contribution in [0.4, 0.5) is 0 Å². The van der Waals surface area contributed by atoms with Gasteiger partial charge in [-0.2, -0.15) is 0 Å². The van der Waals surface area contributed by atoms with Gasteiger partial charge in [0.25, 0.3) is 0 Å². The molecule has 0 heterocycles. The summed E-state index contributed by atoms with van der Waals surface area (Å²) >= 11 is 0. The van der Waals surface area contributed by atoms with E-state index in [1.165, 1.54) is 5.57 Å². The number of allylic oxidation sites excluding steroid dienone is 1. The van der Waals surface area contributed by atoms with E-state index in [1.54, 1.807) is 0 Å². The molecule has 0 N–H and O–H groups in total. The zero-order valence-corrected chi connectivity index (χ0v) is 7.76. The van der Waals surface area contributed by atoms with Gasteiger partial charge in [0.05, 0.1) is 0 Å². The summed E-state index contributed by atoms with van der Waals surface area (Å²) in [6.45, 7) is 9.93. The summed E-state index contributed by atoms with van der Waals surface area (Å²) < 4.78 is 0. The molecular formula is C10H18O. The number of carbonyl (C=O) groups is 1. The fraction of sp³-hybridized carbons (Fsp3) is 0.700. The molecule has 0 aromatic heterocycles. The van der Waals surface area contributed by atoms with E-state index >= 15 is 0 Å². The Kier molecular flexibility index (Phi) is 4.84. The molecule has 0 aromatic carbocycles. The second-order valence-electron chi connectivity index (χ2n) is 3.47. The van der Waals surface area contributed by atoms with E-state index in [9.17, 15) is 4.79 Å². The first-order valence-corrected chi connectivity index (χ1v) is 4.17. The summed E-state index contributed by atoms with van der Waals surface area (Å²) in [6.07, 6.45) is 3.15. The Hall–Kier alpha value is -0.590. The Labute approximate surface area is 69.5 Å². The number of carbonyl (C=O) groups excluding carboxylic acids is 1. The molecule has 0 saturated heterocycles. The van der Waals surface area contributed by atoms with Gasteiger partial charge < -0.3 is 4.79 Å². The average molecular weight is 154 g/mol. The van der Waals surface area contributed by atoms with E-state index < -0.39 is 0 Å². The fourth-order valence-corrected chi connectivity index (χ4v) is 0.871. The van der Waals surface area contributed by atoms with Crippen LogP contribution in [0, 0.1) is 11.8 Å². The zero-order chi connectivity index (χ0) is 8.85. The Balaban J connectivity index is 3.59. The standard InChI is InChI=1S/C10H18O/c1-8(2)5-6-9(3)10(4)7-11/h7,9-10H,1,5-6H2,2-4H3/t9-,10-/m1/s1. The molecule has 0 aliphatic carbocycles. The fourth-order valence-electron chi connectivity index (χ4n) is 0.871. The van der Waals surface area contributed by atoms with Crippen LogP contribution in [0.5, 0.6) is 0 Å². The van der Waals surface area contributed by atoms with Crippen LogP contribution in [-0.2, 0) is 4.79 Å². The lowest BCUT2D eigenvalue weighted by atomic mass is 9.92. The normalized spacial score (nSPS) is 15.5. The van der Waals surface area contributed by atoms with Gasteiger partial charge in [-0.25, -0.2) is 0 Å². The highest BCUT2D eigenvalue weighted by molar-refractivity contribution is 5.53. The highest BCUT2D eigenvalue weighted by Gasteiger charge is 2.09. The summed E-state index contributed by atoms with van der Waals surface area (Å²) in [6, 6.07) is 0. The van der Waals surface area contributed by atoms with Crippen molar-refractivity contribution < 1.29 is 4.79 Å². The molecule has 0 aliphatic heterocycles. The van der Waals surface area contributed by atoms with Crippen molar-refractivity contribution in [3.05, 3.63) is 12.2 Å². The predicted octanol–water partition coefficient (Wildman–Crippen LogP) is 2.81. The van der Waals surface area contributed by atoms with Crippen LogP contribution < -0.4 is 0 Å². The third-order valence-electron chi connectivity index (χ3n) is 2.14. The minimum absolute atomic E-state index is 0.189. The number of hydrogen-bond acceptors (Lipinski definition) is 1. The molecule has 0 rings (SSSR count). The van der Waals surface area contributed by atoms with Crippen LogP contribution in [0.2, 0.25) is 0 Å². The zero-order valence-electron chi connectivity index (χ0n) is 7.76. The molecular weight excluding hydrogens is 136 g/mol. The molecule has 2 atom stereocenters. The molecule has 1 heteroatoms. The van der Waals surface area contributed by atoms with Crippen molar-refractivity contribution in [1.29, 1.82) is 0 Å². The molecule has 0 saturated carbocycles. The lowest BCUT2D eigenvalue weighted by Gasteiger charge is -2.13. The maximum atomic E-state index is 10.4. The Bertz CT molecular complexity index is 138. The maximum Gasteiger partial charge on any atom is 0.123 e. The van der Waals surface area contributed by atoms with Gasteiger partial charge in [-0.05, 0) is 25.7 Å². The van der Waals surface area contributed by atoms with Crippen LogP contribution in [-0.4, -0.2) is 6.29 Å². The first-order chi connectivity index (χ1) is 5.07. The van der Waals surface area contributed by atoms with Crippen molar-refractivity contribution >= 4 is 6.29 Å². The lowest BCUT2D eigenvalue weighted by molar-refractivity contribution is -0.111. The third-order valence-corrected chi connectivity index (χ3v) is 2.14. The van der Waals surface area contributed by atoms with Crippen molar-refractivity contribution in [2.24, 2.45) is 11.8 Å². The molecule has 0 fully saturated rings. The topological polar surface area (TPSA) is 17.1 Å². The Morgan fingerprint density at radius 2 is 2.09 bits per heavy atom. The second kappa shape index (κ2) is 5.11. The van der Waals surface area contributed by atoms with Gasteiger partial charge >= 0.3 is 0 Å². The first-order valence-electron chi connectivity index (χ1n) is 4.17. The van der Waals surface area contributed by atoms with E-state index in [4.69, 9.17) is 0 Å². The van der Waals surface area contributed by atoms with Gasteiger partial charge in [0.1, 0.15) is 6.29 Å². The largest absolute Gasteiger partial charge is 0.303 e. The molecule has 0 unspecified atom stereocenters.